The van der Waals surface area contributed by atoms with Crippen LogP contribution in [0.25, 0.3) is 0 Å². The van der Waals surface area contributed by atoms with Crippen molar-refractivity contribution in [1.29, 1.82) is 0 Å². The van der Waals surface area contributed by atoms with Gasteiger partial charge in [0.05, 0.1) is 12.3 Å². The van der Waals surface area contributed by atoms with Crippen molar-refractivity contribution in [2.24, 2.45) is 5.92 Å². The van der Waals surface area contributed by atoms with Gasteiger partial charge >= 0.3 is 5.97 Å². The SMILES string of the molecule is C=CCOC(C)C(=O)OC(C(=O)Nc1ccccc1F)C(C)C. The molecule has 0 fully saturated rings. The molecule has 1 N–H and O–H groups in total. The molecule has 0 aliphatic heterocycles. The van der Waals surface area contributed by atoms with E-state index in [0.29, 0.717) is 0 Å². The minimum absolute atomic E-state index is 0.0372. The van der Waals surface area contributed by atoms with Crippen molar-refractivity contribution in [3.63, 3.8) is 0 Å². The Balaban J connectivity index is 2.74. The number of hydrogen-bond acceptors (Lipinski definition) is 4. The predicted molar refractivity (Wildman–Crippen MR) is 85.4 cm³/mol. The van der Waals surface area contributed by atoms with Crippen molar-refractivity contribution < 1.29 is 23.5 Å². The second-order valence-electron chi connectivity index (χ2n) is 5.33. The van der Waals surface area contributed by atoms with E-state index in [1.807, 2.05) is 0 Å². The fourth-order valence-electron chi connectivity index (χ4n) is 1.76. The van der Waals surface area contributed by atoms with Crippen molar-refractivity contribution >= 4 is 17.6 Å². The van der Waals surface area contributed by atoms with Gasteiger partial charge in [0, 0.05) is 0 Å². The van der Waals surface area contributed by atoms with E-state index in [-0.39, 0.29) is 18.2 Å². The highest BCUT2D eigenvalue weighted by Gasteiger charge is 2.29. The molecule has 1 amide bonds. The standard InChI is InChI=1S/C17H22FNO4/c1-5-10-22-12(4)17(21)23-15(11(2)3)16(20)19-14-9-7-6-8-13(14)18/h5-9,11-12,15H,1,10H2,2-4H3,(H,19,20). The number of nitrogens with one attached hydrogen (secondary N) is 1. The van der Waals surface area contributed by atoms with Crippen LogP contribution < -0.4 is 5.32 Å². The molecule has 0 spiro atoms. The third-order valence-corrected chi connectivity index (χ3v) is 3.03. The van der Waals surface area contributed by atoms with Crippen LogP contribution in [0.5, 0.6) is 0 Å². The minimum atomic E-state index is -1.04. The Kier molecular flexibility index (Phi) is 7.41. The number of benzene rings is 1. The van der Waals surface area contributed by atoms with Crippen LogP contribution in [0, 0.1) is 11.7 Å². The van der Waals surface area contributed by atoms with Gasteiger partial charge in [0.1, 0.15) is 5.82 Å². The van der Waals surface area contributed by atoms with Gasteiger partial charge in [-0.05, 0) is 25.0 Å². The molecule has 1 aromatic rings. The number of ether oxygens (including phenoxy) is 2. The maximum Gasteiger partial charge on any atom is 0.335 e. The van der Waals surface area contributed by atoms with Gasteiger partial charge < -0.3 is 14.8 Å². The molecule has 1 rings (SSSR count). The van der Waals surface area contributed by atoms with E-state index in [9.17, 15) is 14.0 Å². The molecule has 0 aliphatic rings. The number of hydrogen-bond donors (Lipinski definition) is 1. The number of anilines is 1. The number of carbonyl (C=O) groups is 2. The van der Waals surface area contributed by atoms with Gasteiger partial charge in [0.15, 0.2) is 12.2 Å². The Morgan fingerprint density at radius 3 is 2.52 bits per heavy atom. The van der Waals surface area contributed by atoms with Gasteiger partial charge in [-0.25, -0.2) is 9.18 Å². The van der Waals surface area contributed by atoms with Crippen LogP contribution in [0.2, 0.25) is 0 Å². The fourth-order valence-corrected chi connectivity index (χ4v) is 1.76. The quantitative estimate of drug-likeness (QED) is 0.590. The lowest BCUT2D eigenvalue weighted by Gasteiger charge is -2.22. The summed E-state index contributed by atoms with van der Waals surface area (Å²) >= 11 is 0. The topological polar surface area (TPSA) is 64.6 Å². The number of halogens is 1. The molecule has 0 radical (unpaired) electrons. The van der Waals surface area contributed by atoms with Crippen LogP contribution in [0.1, 0.15) is 20.8 Å². The highest BCUT2D eigenvalue weighted by molar-refractivity contribution is 5.95. The summed E-state index contributed by atoms with van der Waals surface area (Å²) in [7, 11) is 0. The zero-order chi connectivity index (χ0) is 17.4. The Morgan fingerprint density at radius 1 is 1.30 bits per heavy atom. The highest BCUT2D eigenvalue weighted by atomic mass is 19.1. The number of amides is 1. The van der Waals surface area contributed by atoms with E-state index >= 15 is 0 Å². The predicted octanol–water partition coefficient (Wildman–Crippen LogP) is 2.92. The second-order valence-corrected chi connectivity index (χ2v) is 5.33. The molecular formula is C17H22FNO4. The van der Waals surface area contributed by atoms with Crippen molar-refractivity contribution in [2.75, 3.05) is 11.9 Å². The average molecular weight is 323 g/mol. The normalized spacial score (nSPS) is 13.3. The van der Waals surface area contributed by atoms with Crippen molar-refractivity contribution in [3.8, 4) is 0 Å². The van der Waals surface area contributed by atoms with E-state index in [4.69, 9.17) is 9.47 Å². The molecule has 23 heavy (non-hydrogen) atoms. The minimum Gasteiger partial charge on any atom is -0.450 e. The van der Waals surface area contributed by atoms with Crippen molar-refractivity contribution in [1.82, 2.24) is 0 Å². The zero-order valence-corrected chi connectivity index (χ0v) is 13.5. The molecule has 0 aliphatic carbocycles. The molecule has 126 valence electrons. The summed E-state index contributed by atoms with van der Waals surface area (Å²) in [6.07, 6.45) is -0.360. The summed E-state index contributed by atoms with van der Waals surface area (Å²) in [6, 6.07) is 5.78. The van der Waals surface area contributed by atoms with E-state index in [2.05, 4.69) is 11.9 Å². The third-order valence-electron chi connectivity index (χ3n) is 3.03. The lowest BCUT2D eigenvalue weighted by molar-refractivity contribution is -0.166. The lowest BCUT2D eigenvalue weighted by Crippen LogP contribution is -2.39. The molecule has 0 saturated carbocycles. The summed E-state index contributed by atoms with van der Waals surface area (Å²) < 4.78 is 24.0. The molecule has 0 saturated heterocycles. The molecule has 0 heterocycles. The Labute approximate surface area is 135 Å². The van der Waals surface area contributed by atoms with Crippen LogP contribution in [-0.2, 0) is 19.1 Å². The summed E-state index contributed by atoms with van der Waals surface area (Å²) in [5.74, 6) is -2.08. The smallest absolute Gasteiger partial charge is 0.335 e. The van der Waals surface area contributed by atoms with E-state index < -0.39 is 29.9 Å². The van der Waals surface area contributed by atoms with Gasteiger partial charge in [-0.1, -0.05) is 32.1 Å². The Bertz CT molecular complexity index is 559. The first-order chi connectivity index (χ1) is 10.9. The van der Waals surface area contributed by atoms with E-state index in [1.165, 1.54) is 31.2 Å². The first-order valence-corrected chi connectivity index (χ1v) is 7.35. The maximum atomic E-state index is 13.6. The van der Waals surface area contributed by atoms with Crippen LogP contribution in [0.4, 0.5) is 10.1 Å². The number of carbonyl (C=O) groups excluding carboxylic acids is 2. The first-order valence-electron chi connectivity index (χ1n) is 7.35. The molecule has 5 nitrogen and oxygen atoms in total. The van der Waals surface area contributed by atoms with Gasteiger partial charge in [-0.15, -0.1) is 6.58 Å². The van der Waals surface area contributed by atoms with Gasteiger partial charge in [-0.3, -0.25) is 4.79 Å². The fraction of sp³-hybridized carbons (Fsp3) is 0.412. The van der Waals surface area contributed by atoms with E-state index in [1.54, 1.807) is 19.9 Å². The van der Waals surface area contributed by atoms with Crippen molar-refractivity contribution in [3.05, 3.63) is 42.7 Å². The third kappa shape index (κ3) is 5.83. The summed E-state index contributed by atoms with van der Waals surface area (Å²) in [5.41, 5.74) is 0.0372. The molecule has 0 bridgehead atoms. The second kappa shape index (κ2) is 9.05. The molecule has 0 aromatic heterocycles. The molecule has 2 atom stereocenters. The number of para-hydroxylation sites is 1. The Morgan fingerprint density at radius 2 is 1.96 bits per heavy atom. The van der Waals surface area contributed by atoms with Crippen LogP contribution >= 0.6 is 0 Å². The van der Waals surface area contributed by atoms with Crippen LogP contribution in [0.3, 0.4) is 0 Å². The Hall–Kier alpha value is -2.21. The lowest BCUT2D eigenvalue weighted by atomic mass is 10.1. The highest BCUT2D eigenvalue weighted by Crippen LogP contribution is 2.16. The van der Waals surface area contributed by atoms with Gasteiger partial charge in [0.25, 0.3) is 5.91 Å². The number of rotatable bonds is 8. The van der Waals surface area contributed by atoms with Crippen molar-refractivity contribution in [2.45, 2.75) is 33.0 Å². The summed E-state index contributed by atoms with van der Waals surface area (Å²) in [5, 5.41) is 2.43. The van der Waals surface area contributed by atoms with E-state index in [0.717, 1.165) is 0 Å². The largest absolute Gasteiger partial charge is 0.450 e. The maximum absolute atomic E-state index is 13.6. The molecule has 1 aromatic carbocycles. The zero-order valence-electron chi connectivity index (χ0n) is 13.5. The monoisotopic (exact) mass is 323 g/mol. The molecular weight excluding hydrogens is 301 g/mol. The first kappa shape index (κ1) is 18.8. The summed E-state index contributed by atoms with van der Waals surface area (Å²) in [4.78, 5) is 24.2. The molecule has 6 heteroatoms. The summed E-state index contributed by atoms with van der Waals surface area (Å²) in [6.45, 7) is 8.67. The average Bonchev–Trinajstić information content (AvgIpc) is 2.51. The van der Waals surface area contributed by atoms with Gasteiger partial charge in [-0.2, -0.15) is 0 Å². The van der Waals surface area contributed by atoms with Crippen LogP contribution in [-0.4, -0.2) is 30.7 Å². The molecule has 2 unspecified atom stereocenters. The number of esters is 1. The van der Waals surface area contributed by atoms with Gasteiger partial charge in [0.2, 0.25) is 0 Å². The van der Waals surface area contributed by atoms with Crippen LogP contribution in [0.15, 0.2) is 36.9 Å².